The third-order valence-electron chi connectivity index (χ3n) is 4.57. The summed E-state index contributed by atoms with van der Waals surface area (Å²) in [7, 11) is 0. The maximum Gasteiger partial charge on any atom is 0.257 e. The molecule has 4 rings (SSSR count). The molecule has 2 aliphatic heterocycles. The number of halogens is 1. The molecule has 2 aliphatic rings. The average Bonchev–Trinajstić information content (AvgIpc) is 3.34. The SMILES string of the molecule is O=C(c1ccoc1)N1CCN(CC2=CC=CCN2c2ncc(Cl)s2)CC1. The maximum absolute atomic E-state index is 12.4. The maximum atomic E-state index is 12.4. The van der Waals surface area contributed by atoms with Gasteiger partial charge in [-0.15, -0.1) is 0 Å². The molecule has 2 aromatic heterocycles. The fourth-order valence-electron chi connectivity index (χ4n) is 3.17. The van der Waals surface area contributed by atoms with Crippen LogP contribution in [0, 0.1) is 0 Å². The van der Waals surface area contributed by atoms with Crippen LogP contribution in [0.25, 0.3) is 0 Å². The molecule has 136 valence electrons. The first-order chi connectivity index (χ1) is 12.7. The summed E-state index contributed by atoms with van der Waals surface area (Å²) in [4.78, 5) is 23.2. The number of carbonyl (C=O) groups excluding carboxylic acids is 1. The van der Waals surface area contributed by atoms with Gasteiger partial charge in [0.25, 0.3) is 5.91 Å². The van der Waals surface area contributed by atoms with Gasteiger partial charge in [0.1, 0.15) is 10.6 Å². The van der Waals surface area contributed by atoms with Crippen molar-refractivity contribution in [2.24, 2.45) is 0 Å². The number of aromatic nitrogens is 1. The number of piperazine rings is 1. The molecule has 0 unspecified atom stereocenters. The van der Waals surface area contributed by atoms with Crippen molar-refractivity contribution in [1.82, 2.24) is 14.8 Å². The highest BCUT2D eigenvalue weighted by Crippen LogP contribution is 2.30. The molecular weight excluding hydrogens is 372 g/mol. The second-order valence-electron chi connectivity index (χ2n) is 6.22. The molecule has 0 bridgehead atoms. The van der Waals surface area contributed by atoms with Crippen LogP contribution in [-0.4, -0.2) is 60.0 Å². The summed E-state index contributed by atoms with van der Waals surface area (Å²) >= 11 is 7.53. The van der Waals surface area contributed by atoms with Crippen molar-refractivity contribution < 1.29 is 9.21 Å². The highest BCUT2D eigenvalue weighted by molar-refractivity contribution is 7.19. The summed E-state index contributed by atoms with van der Waals surface area (Å²) in [6.45, 7) is 4.75. The summed E-state index contributed by atoms with van der Waals surface area (Å²) in [5.74, 6) is 0.0391. The van der Waals surface area contributed by atoms with Crippen molar-refractivity contribution in [3.8, 4) is 0 Å². The molecule has 4 heterocycles. The van der Waals surface area contributed by atoms with Crippen molar-refractivity contribution in [2.75, 3.05) is 44.2 Å². The van der Waals surface area contributed by atoms with Crippen LogP contribution < -0.4 is 4.90 Å². The Hall–Kier alpha value is -2.09. The molecule has 1 saturated heterocycles. The zero-order chi connectivity index (χ0) is 17.9. The van der Waals surface area contributed by atoms with Crippen LogP contribution >= 0.6 is 22.9 Å². The van der Waals surface area contributed by atoms with Gasteiger partial charge in [-0.3, -0.25) is 9.69 Å². The van der Waals surface area contributed by atoms with E-state index in [0.717, 1.165) is 44.4 Å². The van der Waals surface area contributed by atoms with Crippen LogP contribution in [-0.2, 0) is 0 Å². The zero-order valence-electron chi connectivity index (χ0n) is 14.2. The normalized spacial score (nSPS) is 18.3. The number of anilines is 1. The van der Waals surface area contributed by atoms with E-state index in [2.05, 4.69) is 33.0 Å². The molecule has 0 radical (unpaired) electrons. The van der Waals surface area contributed by atoms with E-state index in [0.29, 0.717) is 9.90 Å². The van der Waals surface area contributed by atoms with Gasteiger partial charge in [0.05, 0.1) is 18.0 Å². The largest absolute Gasteiger partial charge is 0.472 e. The summed E-state index contributed by atoms with van der Waals surface area (Å²) in [5.41, 5.74) is 1.82. The molecule has 0 atom stereocenters. The van der Waals surface area contributed by atoms with Gasteiger partial charge in [0.2, 0.25) is 0 Å². The van der Waals surface area contributed by atoms with Crippen molar-refractivity contribution in [1.29, 1.82) is 0 Å². The molecule has 0 N–H and O–H groups in total. The van der Waals surface area contributed by atoms with Crippen LogP contribution in [0.3, 0.4) is 0 Å². The van der Waals surface area contributed by atoms with Crippen LogP contribution in [0.15, 0.2) is 53.1 Å². The van der Waals surface area contributed by atoms with Crippen molar-refractivity contribution in [2.45, 2.75) is 0 Å². The molecular formula is C18H19ClN4O2S. The summed E-state index contributed by atoms with van der Waals surface area (Å²) in [6, 6.07) is 1.71. The fraction of sp³-hybridized carbons (Fsp3) is 0.333. The molecule has 6 nitrogen and oxygen atoms in total. The lowest BCUT2D eigenvalue weighted by molar-refractivity contribution is 0.0646. The Morgan fingerprint density at radius 1 is 1.31 bits per heavy atom. The van der Waals surface area contributed by atoms with E-state index in [1.807, 2.05) is 4.90 Å². The zero-order valence-corrected chi connectivity index (χ0v) is 15.7. The molecule has 8 heteroatoms. The average molecular weight is 391 g/mol. The van der Waals surface area contributed by atoms with E-state index in [4.69, 9.17) is 16.0 Å². The number of nitrogens with zero attached hydrogens (tertiary/aromatic N) is 4. The van der Waals surface area contributed by atoms with Gasteiger partial charge in [-0.1, -0.05) is 35.1 Å². The van der Waals surface area contributed by atoms with Gasteiger partial charge in [0.15, 0.2) is 5.13 Å². The molecule has 26 heavy (non-hydrogen) atoms. The number of carbonyl (C=O) groups is 1. The minimum Gasteiger partial charge on any atom is -0.472 e. The van der Waals surface area contributed by atoms with E-state index < -0.39 is 0 Å². The van der Waals surface area contributed by atoms with Crippen LogP contribution in [0.5, 0.6) is 0 Å². The van der Waals surface area contributed by atoms with Crippen LogP contribution in [0.1, 0.15) is 10.4 Å². The Kier molecular flexibility index (Phi) is 5.10. The summed E-state index contributed by atoms with van der Waals surface area (Å²) < 4.78 is 5.71. The van der Waals surface area contributed by atoms with E-state index in [1.165, 1.54) is 29.6 Å². The summed E-state index contributed by atoms with van der Waals surface area (Å²) in [6.07, 6.45) is 11.1. The van der Waals surface area contributed by atoms with E-state index in [9.17, 15) is 4.79 Å². The van der Waals surface area contributed by atoms with Crippen LogP contribution in [0.2, 0.25) is 4.34 Å². The Morgan fingerprint density at radius 2 is 2.15 bits per heavy atom. The summed E-state index contributed by atoms with van der Waals surface area (Å²) in [5, 5.41) is 0.916. The lowest BCUT2D eigenvalue weighted by atomic mass is 10.2. The van der Waals surface area contributed by atoms with E-state index in [1.54, 1.807) is 12.3 Å². The van der Waals surface area contributed by atoms with Crippen molar-refractivity contribution in [3.63, 3.8) is 0 Å². The quantitative estimate of drug-likeness (QED) is 0.802. The van der Waals surface area contributed by atoms with Gasteiger partial charge < -0.3 is 14.2 Å². The highest BCUT2D eigenvalue weighted by atomic mass is 35.5. The number of thiazole rings is 1. The topological polar surface area (TPSA) is 52.8 Å². The highest BCUT2D eigenvalue weighted by Gasteiger charge is 2.25. The second-order valence-corrected chi connectivity index (χ2v) is 7.86. The van der Waals surface area contributed by atoms with Gasteiger partial charge in [-0.05, 0) is 12.1 Å². The lowest BCUT2D eigenvalue weighted by Crippen LogP contribution is -2.50. The second kappa shape index (κ2) is 7.65. The first-order valence-corrected chi connectivity index (χ1v) is 9.68. The van der Waals surface area contributed by atoms with Gasteiger partial charge in [-0.25, -0.2) is 4.98 Å². The number of hydrogen-bond acceptors (Lipinski definition) is 6. The van der Waals surface area contributed by atoms with E-state index >= 15 is 0 Å². The monoisotopic (exact) mass is 390 g/mol. The number of hydrogen-bond donors (Lipinski definition) is 0. The van der Waals surface area contributed by atoms with Gasteiger partial charge in [0, 0.05) is 45.0 Å². The molecule has 2 aromatic rings. The van der Waals surface area contributed by atoms with Crippen molar-refractivity contribution in [3.05, 3.63) is 58.6 Å². The standard InChI is InChI=1S/C18H19ClN4O2S/c19-16-11-20-18(26-16)23-5-2-1-3-15(23)12-21-6-8-22(9-7-21)17(24)14-4-10-25-13-14/h1-4,10-11,13H,5-9,12H2. The molecule has 0 aliphatic carbocycles. The predicted octanol–water partition coefficient (Wildman–Crippen LogP) is 3.11. The van der Waals surface area contributed by atoms with Crippen molar-refractivity contribution >= 4 is 34.0 Å². The van der Waals surface area contributed by atoms with Gasteiger partial charge >= 0.3 is 0 Å². The number of amides is 1. The smallest absolute Gasteiger partial charge is 0.257 e. The Morgan fingerprint density at radius 3 is 2.85 bits per heavy atom. The molecule has 0 aromatic carbocycles. The fourth-order valence-corrected chi connectivity index (χ4v) is 4.11. The Labute approximate surface area is 161 Å². The van der Waals surface area contributed by atoms with Crippen LogP contribution in [0.4, 0.5) is 5.13 Å². The first kappa shape index (κ1) is 17.3. The number of rotatable bonds is 4. The molecule has 0 spiro atoms. The third kappa shape index (κ3) is 3.70. The third-order valence-corrected chi connectivity index (χ3v) is 5.71. The minimum atomic E-state index is 0.0391. The number of furan rings is 1. The molecule has 1 fully saturated rings. The molecule has 1 amide bonds. The number of allylic oxidation sites excluding steroid dienone is 2. The predicted molar refractivity (Wildman–Crippen MR) is 103 cm³/mol. The Bertz CT molecular complexity index is 822. The first-order valence-electron chi connectivity index (χ1n) is 8.49. The minimum absolute atomic E-state index is 0.0391. The molecule has 0 saturated carbocycles. The Balaban J connectivity index is 1.36. The van der Waals surface area contributed by atoms with Gasteiger partial charge in [-0.2, -0.15) is 0 Å². The van der Waals surface area contributed by atoms with E-state index in [-0.39, 0.29) is 5.91 Å². The lowest BCUT2D eigenvalue weighted by Gasteiger charge is -2.37.